The van der Waals surface area contributed by atoms with Crippen molar-refractivity contribution >= 4 is 0 Å². The molecule has 0 saturated heterocycles. The summed E-state index contributed by atoms with van der Waals surface area (Å²) in [6, 6.07) is 10.4. The summed E-state index contributed by atoms with van der Waals surface area (Å²) in [4.78, 5) is 0. The molecule has 0 heterocycles. The van der Waals surface area contributed by atoms with Crippen molar-refractivity contribution in [1.82, 2.24) is 0 Å². The normalized spacial score (nSPS) is 24.8. The fraction of sp³-hybridized carbons (Fsp3) is 0.375. The number of aliphatic hydroxyl groups is 1. The van der Waals surface area contributed by atoms with E-state index in [0.29, 0.717) is 0 Å². The molecule has 1 nitrogen and oxygen atoms in total. The van der Waals surface area contributed by atoms with Gasteiger partial charge in [-0.15, -0.1) is 6.58 Å². The van der Waals surface area contributed by atoms with Crippen molar-refractivity contribution in [3.05, 3.63) is 60.7 Å². The van der Waals surface area contributed by atoms with E-state index in [1.807, 2.05) is 18.2 Å². The van der Waals surface area contributed by atoms with Crippen LogP contribution in [0.15, 0.2) is 55.1 Å². The zero-order valence-electron chi connectivity index (χ0n) is 10.2. The van der Waals surface area contributed by atoms with E-state index in [1.165, 1.54) is 5.56 Å². The van der Waals surface area contributed by atoms with Gasteiger partial charge in [-0.3, -0.25) is 0 Å². The van der Waals surface area contributed by atoms with Gasteiger partial charge in [-0.2, -0.15) is 0 Å². The lowest BCUT2D eigenvalue weighted by Gasteiger charge is -2.29. The van der Waals surface area contributed by atoms with Crippen LogP contribution in [0.5, 0.6) is 0 Å². The topological polar surface area (TPSA) is 20.2 Å². The highest BCUT2D eigenvalue weighted by atomic mass is 16.3. The Labute approximate surface area is 103 Å². The van der Waals surface area contributed by atoms with Crippen LogP contribution in [-0.4, -0.2) is 10.7 Å². The average molecular weight is 228 g/mol. The number of benzene rings is 1. The molecule has 17 heavy (non-hydrogen) atoms. The van der Waals surface area contributed by atoms with E-state index in [-0.39, 0.29) is 5.92 Å². The van der Waals surface area contributed by atoms with Gasteiger partial charge in [-0.1, -0.05) is 48.6 Å². The van der Waals surface area contributed by atoms with Crippen molar-refractivity contribution in [2.45, 2.75) is 31.3 Å². The van der Waals surface area contributed by atoms with Gasteiger partial charge < -0.3 is 5.11 Å². The van der Waals surface area contributed by atoms with Gasteiger partial charge in [-0.05, 0) is 31.2 Å². The van der Waals surface area contributed by atoms with Crippen LogP contribution >= 0.6 is 0 Å². The monoisotopic (exact) mass is 228 g/mol. The predicted molar refractivity (Wildman–Crippen MR) is 71.8 cm³/mol. The second-order valence-corrected chi connectivity index (χ2v) is 4.80. The van der Waals surface area contributed by atoms with Gasteiger partial charge in [0.15, 0.2) is 0 Å². The van der Waals surface area contributed by atoms with E-state index in [9.17, 15) is 5.11 Å². The van der Waals surface area contributed by atoms with Crippen molar-refractivity contribution in [1.29, 1.82) is 0 Å². The molecule has 0 aromatic heterocycles. The first-order valence-corrected chi connectivity index (χ1v) is 6.31. The summed E-state index contributed by atoms with van der Waals surface area (Å²) >= 11 is 0. The summed E-state index contributed by atoms with van der Waals surface area (Å²) < 4.78 is 0. The highest BCUT2D eigenvalue weighted by Crippen LogP contribution is 2.33. The molecule has 1 aliphatic rings. The smallest absolute Gasteiger partial charge is 0.0892 e. The summed E-state index contributed by atoms with van der Waals surface area (Å²) in [6.07, 6.45) is 9.68. The number of allylic oxidation sites excluding steroid dienone is 1. The second-order valence-electron chi connectivity index (χ2n) is 4.80. The Morgan fingerprint density at radius 2 is 2.12 bits per heavy atom. The van der Waals surface area contributed by atoms with Crippen LogP contribution in [0.2, 0.25) is 0 Å². The lowest BCUT2D eigenvalue weighted by atomic mass is 9.83. The number of aryl methyl sites for hydroxylation is 1. The minimum atomic E-state index is -0.656. The van der Waals surface area contributed by atoms with Crippen LogP contribution in [0.3, 0.4) is 0 Å². The summed E-state index contributed by atoms with van der Waals surface area (Å²) in [5, 5.41) is 10.5. The fourth-order valence-corrected chi connectivity index (χ4v) is 2.53. The lowest BCUT2D eigenvalue weighted by molar-refractivity contribution is 0.0446. The molecule has 1 aliphatic carbocycles. The first kappa shape index (κ1) is 12.1. The molecule has 0 spiro atoms. The zero-order valence-corrected chi connectivity index (χ0v) is 10.2. The molecular formula is C16H20O. The minimum absolute atomic E-state index is 0.154. The van der Waals surface area contributed by atoms with Crippen LogP contribution < -0.4 is 0 Å². The van der Waals surface area contributed by atoms with Crippen LogP contribution in [0.1, 0.15) is 24.8 Å². The third-order valence-electron chi connectivity index (χ3n) is 3.63. The molecule has 90 valence electrons. The maximum Gasteiger partial charge on any atom is 0.0892 e. The van der Waals surface area contributed by atoms with Gasteiger partial charge in [0, 0.05) is 5.92 Å². The highest BCUT2D eigenvalue weighted by molar-refractivity contribution is 5.18. The van der Waals surface area contributed by atoms with Gasteiger partial charge in [0.2, 0.25) is 0 Å². The molecule has 2 rings (SSSR count). The van der Waals surface area contributed by atoms with E-state index in [0.717, 1.165) is 25.7 Å². The molecule has 0 fully saturated rings. The van der Waals surface area contributed by atoms with Gasteiger partial charge >= 0.3 is 0 Å². The van der Waals surface area contributed by atoms with Crippen molar-refractivity contribution in [2.24, 2.45) is 5.92 Å². The van der Waals surface area contributed by atoms with Gasteiger partial charge in [0.05, 0.1) is 5.60 Å². The van der Waals surface area contributed by atoms with E-state index >= 15 is 0 Å². The summed E-state index contributed by atoms with van der Waals surface area (Å²) in [7, 11) is 0. The SMILES string of the molecule is C=CC(CCc1ccccc1)C1(O)C=CCC1. The Morgan fingerprint density at radius 1 is 1.35 bits per heavy atom. The predicted octanol–water partition coefficient (Wildman–Crippen LogP) is 3.50. The number of rotatable bonds is 5. The van der Waals surface area contributed by atoms with Crippen LogP contribution in [0, 0.1) is 5.92 Å². The average Bonchev–Trinajstić information content (AvgIpc) is 2.79. The van der Waals surface area contributed by atoms with Crippen LogP contribution in [0.4, 0.5) is 0 Å². The summed E-state index contributed by atoms with van der Waals surface area (Å²) in [6.45, 7) is 3.87. The van der Waals surface area contributed by atoms with E-state index in [4.69, 9.17) is 0 Å². The fourth-order valence-electron chi connectivity index (χ4n) is 2.53. The Morgan fingerprint density at radius 3 is 2.71 bits per heavy atom. The van der Waals surface area contributed by atoms with E-state index < -0.39 is 5.60 Å². The van der Waals surface area contributed by atoms with Crippen LogP contribution in [-0.2, 0) is 6.42 Å². The Hall–Kier alpha value is -1.34. The van der Waals surface area contributed by atoms with Crippen molar-refractivity contribution in [3.63, 3.8) is 0 Å². The van der Waals surface area contributed by atoms with E-state index in [2.05, 4.69) is 36.9 Å². The van der Waals surface area contributed by atoms with Crippen LogP contribution in [0.25, 0.3) is 0 Å². The van der Waals surface area contributed by atoms with Crippen molar-refractivity contribution < 1.29 is 5.11 Å². The third-order valence-corrected chi connectivity index (χ3v) is 3.63. The van der Waals surface area contributed by atoms with E-state index in [1.54, 1.807) is 0 Å². The molecule has 0 radical (unpaired) electrons. The first-order valence-electron chi connectivity index (χ1n) is 6.31. The highest BCUT2D eigenvalue weighted by Gasteiger charge is 2.33. The standard InChI is InChI=1S/C16H20O/c1-2-15(16(17)12-6-7-13-16)11-10-14-8-4-3-5-9-14/h2-6,8-9,12,15,17H,1,7,10-11,13H2. The molecule has 0 bridgehead atoms. The molecule has 1 N–H and O–H groups in total. The van der Waals surface area contributed by atoms with Gasteiger partial charge in [0.1, 0.15) is 0 Å². The number of hydrogen-bond donors (Lipinski definition) is 1. The molecule has 0 saturated carbocycles. The molecule has 2 unspecified atom stereocenters. The Balaban J connectivity index is 1.97. The van der Waals surface area contributed by atoms with Gasteiger partial charge in [0.25, 0.3) is 0 Å². The lowest BCUT2D eigenvalue weighted by Crippen LogP contribution is -2.32. The zero-order chi connectivity index (χ0) is 12.1. The van der Waals surface area contributed by atoms with Crippen molar-refractivity contribution in [3.8, 4) is 0 Å². The Bertz CT molecular complexity index is 393. The summed E-state index contributed by atoms with van der Waals surface area (Å²) in [5.41, 5.74) is 0.668. The minimum Gasteiger partial charge on any atom is -0.385 e. The molecule has 0 aliphatic heterocycles. The molecular weight excluding hydrogens is 208 g/mol. The quantitative estimate of drug-likeness (QED) is 0.765. The second kappa shape index (κ2) is 5.33. The molecule has 1 aromatic rings. The molecule has 1 aromatic carbocycles. The maximum absolute atomic E-state index is 10.5. The molecule has 2 atom stereocenters. The third kappa shape index (κ3) is 2.86. The molecule has 0 amide bonds. The van der Waals surface area contributed by atoms with Gasteiger partial charge in [-0.25, -0.2) is 0 Å². The first-order chi connectivity index (χ1) is 8.24. The number of hydrogen-bond acceptors (Lipinski definition) is 1. The summed E-state index contributed by atoms with van der Waals surface area (Å²) in [5.74, 6) is 0.154. The largest absolute Gasteiger partial charge is 0.385 e. The van der Waals surface area contributed by atoms with Crippen molar-refractivity contribution in [2.75, 3.05) is 0 Å². The molecule has 1 heteroatoms. The Kier molecular flexibility index (Phi) is 3.80. The maximum atomic E-state index is 10.5.